The molecule has 1 aliphatic heterocycles. The lowest BCUT2D eigenvalue weighted by molar-refractivity contribution is -0.160. The molecule has 0 N–H and O–H groups in total. The Hall–Kier alpha value is -3.33. The third-order valence-electron chi connectivity index (χ3n) is 6.21. The molecule has 0 saturated carbocycles. The van der Waals surface area contributed by atoms with Gasteiger partial charge >= 0.3 is 11.9 Å². The summed E-state index contributed by atoms with van der Waals surface area (Å²) in [4.78, 5) is 38.9. The van der Waals surface area contributed by atoms with Gasteiger partial charge in [0.1, 0.15) is 11.9 Å². The van der Waals surface area contributed by atoms with Gasteiger partial charge in [0, 0.05) is 28.1 Å². The topological polar surface area (TPSA) is 95.7 Å². The number of hydrogen-bond donors (Lipinski definition) is 0. The molecule has 3 aromatic rings. The number of benzene rings is 1. The Morgan fingerprint density at radius 2 is 1.95 bits per heavy atom. The monoisotopic (exact) mass is 566 g/mol. The molecule has 0 spiro atoms. The van der Waals surface area contributed by atoms with E-state index in [9.17, 15) is 9.59 Å². The molecule has 0 fully saturated rings. The molecule has 8 nitrogen and oxygen atoms in total. The van der Waals surface area contributed by atoms with Crippen LogP contribution in [-0.2, 0) is 19.1 Å². The van der Waals surface area contributed by atoms with Crippen LogP contribution in [0.5, 0.6) is 0 Å². The third-order valence-corrected chi connectivity index (χ3v) is 6.70. The van der Waals surface area contributed by atoms with Crippen molar-refractivity contribution in [3.63, 3.8) is 0 Å². The van der Waals surface area contributed by atoms with Crippen LogP contribution in [0.3, 0.4) is 0 Å². The van der Waals surface area contributed by atoms with Crippen molar-refractivity contribution in [2.24, 2.45) is 10.4 Å². The van der Waals surface area contributed by atoms with Gasteiger partial charge in [-0.05, 0) is 70.9 Å². The van der Waals surface area contributed by atoms with E-state index in [0.717, 1.165) is 38.6 Å². The molecule has 1 aromatic carbocycles. The Bertz CT molecular complexity index is 1320. The van der Waals surface area contributed by atoms with Gasteiger partial charge in [-0.1, -0.05) is 22.0 Å². The van der Waals surface area contributed by atoms with Crippen molar-refractivity contribution in [2.45, 2.75) is 53.0 Å². The third kappa shape index (κ3) is 5.98. The Morgan fingerprint density at radius 3 is 2.68 bits per heavy atom. The minimum atomic E-state index is -0.932. The van der Waals surface area contributed by atoms with Gasteiger partial charge < -0.3 is 9.47 Å². The maximum atomic E-state index is 12.4. The van der Waals surface area contributed by atoms with E-state index in [1.165, 1.54) is 0 Å². The van der Waals surface area contributed by atoms with E-state index in [1.54, 1.807) is 27.0 Å². The van der Waals surface area contributed by atoms with Crippen LogP contribution in [-0.4, -0.2) is 45.4 Å². The number of aromatic nitrogens is 3. The zero-order chi connectivity index (χ0) is 26.6. The SMILES string of the molecule is CCOC(=O)C(C)(C)CC(=O)OCCC[C@@H]1N=C(c2ccccn2)c2cc(Br)ccc2-n2c(C)cnc21. The number of carbonyl (C=O) groups is 2. The Kier molecular flexibility index (Phi) is 8.22. The average Bonchev–Trinajstić information content (AvgIpc) is 3.18. The number of carbonyl (C=O) groups excluding carboxylic acids is 2. The first-order valence-corrected chi connectivity index (χ1v) is 13.2. The van der Waals surface area contributed by atoms with Crippen molar-refractivity contribution in [3.05, 3.63) is 76.0 Å². The van der Waals surface area contributed by atoms with Crippen molar-refractivity contribution >= 4 is 33.6 Å². The molecule has 37 heavy (non-hydrogen) atoms. The van der Waals surface area contributed by atoms with Crippen LogP contribution < -0.4 is 0 Å². The second-order valence-corrected chi connectivity index (χ2v) is 10.5. The number of aryl methyl sites for hydroxylation is 1. The second-order valence-electron chi connectivity index (χ2n) is 9.61. The maximum absolute atomic E-state index is 12.4. The Labute approximate surface area is 225 Å². The predicted molar refractivity (Wildman–Crippen MR) is 144 cm³/mol. The van der Waals surface area contributed by atoms with Gasteiger partial charge in [-0.15, -0.1) is 0 Å². The molecule has 1 atom stereocenters. The minimum absolute atomic E-state index is 0.0367. The van der Waals surface area contributed by atoms with E-state index < -0.39 is 17.4 Å². The first-order chi connectivity index (χ1) is 17.7. The zero-order valence-electron chi connectivity index (χ0n) is 21.5. The van der Waals surface area contributed by atoms with Crippen LogP contribution in [0.2, 0.25) is 0 Å². The van der Waals surface area contributed by atoms with Crippen molar-refractivity contribution in [1.29, 1.82) is 0 Å². The smallest absolute Gasteiger partial charge is 0.312 e. The molecular weight excluding hydrogens is 536 g/mol. The summed E-state index contributed by atoms with van der Waals surface area (Å²) in [6, 6.07) is 11.7. The molecule has 0 radical (unpaired) electrons. The van der Waals surface area contributed by atoms with Crippen molar-refractivity contribution in [2.75, 3.05) is 13.2 Å². The fourth-order valence-electron chi connectivity index (χ4n) is 4.35. The van der Waals surface area contributed by atoms with E-state index in [1.807, 2.05) is 37.4 Å². The molecule has 0 amide bonds. The highest BCUT2D eigenvalue weighted by atomic mass is 79.9. The van der Waals surface area contributed by atoms with Crippen LogP contribution in [0.4, 0.5) is 0 Å². The lowest BCUT2D eigenvalue weighted by Gasteiger charge is -2.21. The molecule has 1 aliphatic rings. The van der Waals surface area contributed by atoms with E-state index >= 15 is 0 Å². The quantitative estimate of drug-likeness (QED) is 0.249. The fraction of sp³-hybridized carbons (Fsp3) is 0.393. The van der Waals surface area contributed by atoms with E-state index in [2.05, 4.69) is 37.6 Å². The lowest BCUT2D eigenvalue weighted by atomic mass is 9.89. The van der Waals surface area contributed by atoms with Gasteiger partial charge in [0.15, 0.2) is 0 Å². The molecule has 0 bridgehead atoms. The van der Waals surface area contributed by atoms with E-state index in [0.29, 0.717) is 12.8 Å². The number of esters is 2. The van der Waals surface area contributed by atoms with Gasteiger partial charge in [0.2, 0.25) is 0 Å². The number of rotatable bonds is 9. The highest BCUT2D eigenvalue weighted by Gasteiger charge is 2.33. The summed E-state index contributed by atoms with van der Waals surface area (Å²) in [5, 5.41) is 0. The predicted octanol–water partition coefficient (Wildman–Crippen LogP) is 5.53. The molecule has 0 aliphatic carbocycles. The molecular formula is C28H31BrN4O4. The summed E-state index contributed by atoms with van der Waals surface area (Å²) >= 11 is 3.61. The number of halogens is 1. The summed E-state index contributed by atoms with van der Waals surface area (Å²) < 4.78 is 13.6. The lowest BCUT2D eigenvalue weighted by Crippen LogP contribution is -2.30. The highest BCUT2D eigenvalue weighted by Crippen LogP contribution is 2.34. The number of aliphatic imine (C=N–C) groups is 1. The summed E-state index contributed by atoms with van der Waals surface area (Å²) in [7, 11) is 0. The molecule has 0 saturated heterocycles. The summed E-state index contributed by atoms with van der Waals surface area (Å²) in [5.41, 5.74) is 3.60. The van der Waals surface area contributed by atoms with E-state index in [-0.39, 0.29) is 25.7 Å². The van der Waals surface area contributed by atoms with Gasteiger partial charge in [-0.2, -0.15) is 0 Å². The number of imidazole rings is 1. The number of nitrogens with zero attached hydrogens (tertiary/aromatic N) is 4. The zero-order valence-corrected chi connectivity index (χ0v) is 23.1. The van der Waals surface area contributed by atoms with Crippen LogP contribution in [0, 0.1) is 12.3 Å². The number of ether oxygens (including phenoxy) is 2. The van der Waals surface area contributed by atoms with Crippen LogP contribution in [0.1, 0.15) is 68.9 Å². The number of fused-ring (bicyclic) bond motifs is 3. The largest absolute Gasteiger partial charge is 0.466 e. The van der Waals surface area contributed by atoms with Crippen molar-refractivity contribution in [1.82, 2.24) is 14.5 Å². The molecule has 0 unspecified atom stereocenters. The van der Waals surface area contributed by atoms with Crippen LogP contribution in [0.15, 0.2) is 58.3 Å². The summed E-state index contributed by atoms with van der Waals surface area (Å²) in [5.74, 6) is 0.00294. The summed E-state index contributed by atoms with van der Waals surface area (Å²) in [6.07, 6.45) is 4.78. The number of hydrogen-bond acceptors (Lipinski definition) is 7. The molecule has 9 heteroatoms. The first kappa shape index (κ1) is 26.7. The molecule has 194 valence electrons. The van der Waals surface area contributed by atoms with Crippen molar-refractivity contribution in [3.8, 4) is 5.69 Å². The second kappa shape index (κ2) is 11.4. The van der Waals surface area contributed by atoms with Gasteiger partial charge in [0.25, 0.3) is 0 Å². The van der Waals surface area contributed by atoms with Crippen LogP contribution in [0.25, 0.3) is 5.69 Å². The standard InChI is InChI=1S/C28H31BrN4O4/c1-5-36-27(35)28(3,4)16-24(34)37-14-8-10-22-26-31-17-18(2)33(26)23-12-11-19(29)15-20(23)25(32-22)21-9-6-7-13-30-21/h6-7,9,11-13,15,17,22H,5,8,10,14,16H2,1-4H3/t22-/m0/s1. The average molecular weight is 567 g/mol. The van der Waals surface area contributed by atoms with E-state index in [4.69, 9.17) is 19.5 Å². The minimum Gasteiger partial charge on any atom is -0.466 e. The van der Waals surface area contributed by atoms with Gasteiger partial charge in [0.05, 0.1) is 42.1 Å². The maximum Gasteiger partial charge on any atom is 0.312 e. The number of pyridine rings is 1. The van der Waals surface area contributed by atoms with Crippen molar-refractivity contribution < 1.29 is 19.1 Å². The molecule has 2 aromatic heterocycles. The highest BCUT2D eigenvalue weighted by molar-refractivity contribution is 9.10. The molecule has 4 rings (SSSR count). The fourth-order valence-corrected chi connectivity index (χ4v) is 4.72. The Morgan fingerprint density at radius 1 is 1.14 bits per heavy atom. The normalized spacial score (nSPS) is 14.7. The summed E-state index contributed by atoms with van der Waals surface area (Å²) in [6.45, 7) is 7.63. The Balaban J connectivity index is 1.54. The van der Waals surface area contributed by atoms with Crippen LogP contribution >= 0.6 is 15.9 Å². The molecule has 3 heterocycles. The first-order valence-electron chi connectivity index (χ1n) is 12.4. The van der Waals surface area contributed by atoms with Gasteiger partial charge in [-0.25, -0.2) is 4.98 Å². The van der Waals surface area contributed by atoms with Gasteiger partial charge in [-0.3, -0.25) is 24.1 Å².